The molecule has 0 unspecified atom stereocenters. The van der Waals surface area contributed by atoms with E-state index in [4.69, 9.17) is 0 Å². The molecule has 6 heteroatoms. The molecule has 3 aromatic rings. The number of nitrogens with one attached hydrogen (secondary N) is 3. The molecule has 3 amide bonds. The average Bonchev–Trinajstić information content (AvgIpc) is 2.74. The third-order valence-corrected chi connectivity index (χ3v) is 4.48. The molecule has 158 valence electrons. The van der Waals surface area contributed by atoms with Gasteiger partial charge in [-0.25, -0.2) is 0 Å². The zero-order valence-corrected chi connectivity index (χ0v) is 17.7. The van der Waals surface area contributed by atoms with Crippen LogP contribution in [0.3, 0.4) is 0 Å². The van der Waals surface area contributed by atoms with Gasteiger partial charge in [-0.05, 0) is 48.5 Å². The highest BCUT2D eigenvalue weighted by Crippen LogP contribution is 2.20. The highest BCUT2D eigenvalue weighted by Gasteiger charge is 2.21. The molecule has 3 aromatic carbocycles. The fraction of sp³-hybridized carbons (Fsp3) is 0.160. The highest BCUT2D eigenvalue weighted by molar-refractivity contribution is 6.07. The molecule has 0 saturated heterocycles. The van der Waals surface area contributed by atoms with E-state index in [1.165, 1.54) is 0 Å². The van der Waals surface area contributed by atoms with Crippen molar-refractivity contribution in [2.75, 3.05) is 16.0 Å². The summed E-state index contributed by atoms with van der Waals surface area (Å²) >= 11 is 0. The van der Waals surface area contributed by atoms with Crippen molar-refractivity contribution in [1.82, 2.24) is 0 Å². The normalized spacial score (nSPS) is 10.8. The summed E-state index contributed by atoms with van der Waals surface area (Å²) in [4.78, 5) is 37.2. The summed E-state index contributed by atoms with van der Waals surface area (Å²) in [6.45, 7) is 5.47. The molecule has 0 atom stereocenters. The summed E-state index contributed by atoms with van der Waals surface area (Å²) in [6, 6.07) is 22.6. The first-order valence-corrected chi connectivity index (χ1v) is 9.92. The molecule has 0 fully saturated rings. The molecule has 0 radical (unpaired) electrons. The number of hydrogen-bond donors (Lipinski definition) is 3. The summed E-state index contributed by atoms with van der Waals surface area (Å²) in [5, 5.41) is 8.46. The maximum Gasteiger partial charge on any atom is 0.255 e. The molecular formula is C25H25N3O3. The van der Waals surface area contributed by atoms with E-state index in [-0.39, 0.29) is 17.7 Å². The number of rotatable bonds is 5. The molecule has 0 heterocycles. The van der Waals surface area contributed by atoms with Gasteiger partial charge < -0.3 is 16.0 Å². The van der Waals surface area contributed by atoms with Crippen LogP contribution in [0.1, 0.15) is 41.5 Å². The molecule has 0 spiro atoms. The lowest BCUT2D eigenvalue weighted by Crippen LogP contribution is -2.27. The first kappa shape index (κ1) is 21.8. The zero-order chi connectivity index (χ0) is 22.4. The molecule has 0 aliphatic heterocycles. The Morgan fingerprint density at radius 1 is 0.581 bits per heavy atom. The second-order valence-corrected chi connectivity index (χ2v) is 8.14. The summed E-state index contributed by atoms with van der Waals surface area (Å²) in [5.74, 6) is -0.684. The Morgan fingerprint density at radius 2 is 1.06 bits per heavy atom. The lowest BCUT2D eigenvalue weighted by molar-refractivity contribution is -0.123. The molecule has 3 rings (SSSR count). The number of anilines is 3. The predicted octanol–water partition coefficient (Wildman–Crippen LogP) is 5.18. The molecule has 0 saturated carbocycles. The lowest BCUT2D eigenvalue weighted by atomic mass is 9.95. The first-order valence-electron chi connectivity index (χ1n) is 9.92. The van der Waals surface area contributed by atoms with Gasteiger partial charge in [0.1, 0.15) is 0 Å². The second-order valence-electron chi connectivity index (χ2n) is 8.14. The van der Waals surface area contributed by atoms with Crippen LogP contribution in [0.25, 0.3) is 0 Å². The van der Waals surface area contributed by atoms with Gasteiger partial charge in [-0.2, -0.15) is 0 Å². The topological polar surface area (TPSA) is 87.3 Å². The third-order valence-electron chi connectivity index (χ3n) is 4.48. The van der Waals surface area contributed by atoms with Gasteiger partial charge in [0.2, 0.25) is 5.91 Å². The SMILES string of the molecule is CC(C)(C)C(=O)Nc1cccc(C(=O)Nc2cccc(NC(=O)c3ccccc3)c2)c1. The van der Waals surface area contributed by atoms with Gasteiger partial charge in [-0.3, -0.25) is 14.4 Å². The molecule has 0 aliphatic rings. The molecule has 0 bridgehead atoms. The third kappa shape index (κ3) is 6.02. The second kappa shape index (κ2) is 9.26. The van der Waals surface area contributed by atoms with Crippen LogP contribution < -0.4 is 16.0 Å². The van der Waals surface area contributed by atoms with E-state index in [2.05, 4.69) is 16.0 Å². The zero-order valence-electron chi connectivity index (χ0n) is 17.7. The Hall–Kier alpha value is -3.93. The van der Waals surface area contributed by atoms with Crippen LogP contribution >= 0.6 is 0 Å². The van der Waals surface area contributed by atoms with Crippen molar-refractivity contribution < 1.29 is 14.4 Å². The minimum Gasteiger partial charge on any atom is -0.326 e. The van der Waals surface area contributed by atoms with Crippen LogP contribution in [0, 0.1) is 5.41 Å². The predicted molar refractivity (Wildman–Crippen MR) is 123 cm³/mol. The van der Waals surface area contributed by atoms with Gasteiger partial charge >= 0.3 is 0 Å². The largest absolute Gasteiger partial charge is 0.326 e. The van der Waals surface area contributed by atoms with Crippen molar-refractivity contribution in [2.24, 2.45) is 5.41 Å². The summed E-state index contributed by atoms with van der Waals surface area (Å²) < 4.78 is 0. The minimum absolute atomic E-state index is 0.132. The van der Waals surface area contributed by atoms with Crippen LogP contribution in [-0.4, -0.2) is 17.7 Å². The lowest BCUT2D eigenvalue weighted by Gasteiger charge is -2.18. The fourth-order valence-corrected chi connectivity index (χ4v) is 2.73. The molecule has 0 aromatic heterocycles. The first-order chi connectivity index (χ1) is 14.7. The summed E-state index contributed by atoms with van der Waals surface area (Å²) in [7, 11) is 0. The Morgan fingerprint density at radius 3 is 1.65 bits per heavy atom. The average molecular weight is 415 g/mol. The van der Waals surface area contributed by atoms with Gasteiger partial charge in [-0.15, -0.1) is 0 Å². The summed E-state index contributed by atoms with van der Waals surface area (Å²) in [6.07, 6.45) is 0. The maximum atomic E-state index is 12.7. The number of benzene rings is 3. The molecule has 0 aliphatic carbocycles. The van der Waals surface area contributed by atoms with E-state index in [9.17, 15) is 14.4 Å². The molecule has 3 N–H and O–H groups in total. The van der Waals surface area contributed by atoms with Crippen molar-refractivity contribution in [3.05, 3.63) is 90.0 Å². The van der Waals surface area contributed by atoms with E-state index < -0.39 is 5.41 Å². The van der Waals surface area contributed by atoms with Crippen LogP contribution in [0.4, 0.5) is 17.1 Å². The number of carbonyl (C=O) groups excluding carboxylic acids is 3. The van der Waals surface area contributed by atoms with E-state index in [0.29, 0.717) is 28.2 Å². The smallest absolute Gasteiger partial charge is 0.255 e. The van der Waals surface area contributed by atoms with Gasteiger partial charge in [0.25, 0.3) is 11.8 Å². The van der Waals surface area contributed by atoms with Gasteiger partial charge in [0.15, 0.2) is 0 Å². The Kier molecular flexibility index (Phi) is 6.50. The van der Waals surface area contributed by atoms with E-state index >= 15 is 0 Å². The van der Waals surface area contributed by atoms with E-state index in [1.807, 2.05) is 26.8 Å². The van der Waals surface area contributed by atoms with Gasteiger partial charge in [-0.1, -0.05) is 51.1 Å². The van der Waals surface area contributed by atoms with Crippen molar-refractivity contribution in [3.63, 3.8) is 0 Å². The van der Waals surface area contributed by atoms with Crippen molar-refractivity contribution in [1.29, 1.82) is 0 Å². The summed E-state index contributed by atoms with van der Waals surface area (Å²) in [5.41, 5.74) is 2.08. The van der Waals surface area contributed by atoms with Gasteiger partial charge in [0, 0.05) is 33.6 Å². The maximum absolute atomic E-state index is 12.7. The molecular weight excluding hydrogens is 390 g/mol. The highest BCUT2D eigenvalue weighted by atomic mass is 16.2. The van der Waals surface area contributed by atoms with Crippen molar-refractivity contribution in [2.45, 2.75) is 20.8 Å². The standard InChI is InChI=1S/C25H25N3O3/c1-25(2,3)24(31)28-19-12-7-11-18(15-19)23(30)27-21-14-8-13-20(16-21)26-22(29)17-9-5-4-6-10-17/h4-16H,1-3H3,(H,26,29)(H,27,30)(H,28,31). The molecule has 31 heavy (non-hydrogen) atoms. The van der Waals surface area contributed by atoms with Gasteiger partial charge in [0.05, 0.1) is 0 Å². The van der Waals surface area contributed by atoms with Crippen molar-refractivity contribution in [3.8, 4) is 0 Å². The minimum atomic E-state index is -0.539. The van der Waals surface area contributed by atoms with Crippen molar-refractivity contribution >= 4 is 34.8 Å². The monoisotopic (exact) mass is 415 g/mol. The number of hydrogen-bond acceptors (Lipinski definition) is 3. The Bertz CT molecular complexity index is 1100. The fourth-order valence-electron chi connectivity index (χ4n) is 2.73. The number of amides is 3. The van der Waals surface area contributed by atoms with Crippen LogP contribution in [-0.2, 0) is 4.79 Å². The Balaban J connectivity index is 1.68. The Labute approximate surface area is 181 Å². The van der Waals surface area contributed by atoms with Crippen LogP contribution in [0.15, 0.2) is 78.9 Å². The van der Waals surface area contributed by atoms with Crippen LogP contribution in [0.2, 0.25) is 0 Å². The van der Waals surface area contributed by atoms with E-state index in [1.54, 1.807) is 72.8 Å². The van der Waals surface area contributed by atoms with Crippen LogP contribution in [0.5, 0.6) is 0 Å². The van der Waals surface area contributed by atoms with E-state index in [0.717, 1.165) is 0 Å². The quantitative estimate of drug-likeness (QED) is 0.537. The number of carbonyl (C=O) groups is 3. The molecule has 6 nitrogen and oxygen atoms in total.